The predicted octanol–water partition coefficient (Wildman–Crippen LogP) is 2.23. The summed E-state index contributed by atoms with van der Waals surface area (Å²) < 4.78 is 12.5. The van der Waals surface area contributed by atoms with Crippen LogP contribution in [0.15, 0.2) is 18.3 Å². The van der Waals surface area contributed by atoms with Crippen LogP contribution < -0.4 is 9.47 Å². The molecule has 1 aliphatic heterocycles. The molecule has 3 rings (SSSR count). The summed E-state index contributed by atoms with van der Waals surface area (Å²) in [5.74, 6) is 0.283. The van der Waals surface area contributed by atoms with E-state index in [1.807, 2.05) is 16.7 Å². The smallest absolute Gasteiger partial charge is 0.338 e. The molecule has 2 heterocycles. The average Bonchev–Trinajstić information content (AvgIpc) is 2.90. The first-order chi connectivity index (χ1) is 9.65. The Bertz CT molecular complexity index is 687. The van der Waals surface area contributed by atoms with Gasteiger partial charge in [-0.05, 0) is 24.1 Å². The van der Waals surface area contributed by atoms with Gasteiger partial charge in [-0.15, -0.1) is 0 Å². The summed E-state index contributed by atoms with van der Waals surface area (Å²) in [6.45, 7) is 0.738. The van der Waals surface area contributed by atoms with E-state index >= 15 is 0 Å². The normalized spacial score (nSPS) is 12.5. The van der Waals surface area contributed by atoms with E-state index < -0.39 is 5.97 Å². The van der Waals surface area contributed by atoms with Gasteiger partial charge in [0, 0.05) is 24.4 Å². The van der Waals surface area contributed by atoms with Crippen LogP contribution in [0.5, 0.6) is 11.5 Å². The fourth-order valence-electron chi connectivity index (χ4n) is 2.64. The highest BCUT2D eigenvalue weighted by Gasteiger charge is 2.25. The van der Waals surface area contributed by atoms with Crippen molar-refractivity contribution in [2.24, 2.45) is 0 Å². The molecule has 0 unspecified atom stereocenters. The van der Waals surface area contributed by atoms with E-state index in [1.54, 1.807) is 20.4 Å². The van der Waals surface area contributed by atoms with Gasteiger partial charge in [-0.3, -0.25) is 0 Å². The van der Waals surface area contributed by atoms with Crippen LogP contribution in [0.2, 0.25) is 0 Å². The fourth-order valence-corrected chi connectivity index (χ4v) is 2.64. The summed E-state index contributed by atoms with van der Waals surface area (Å²) in [6, 6.07) is 6.56. The Morgan fingerprint density at radius 1 is 1.30 bits per heavy atom. The molecule has 0 atom stereocenters. The van der Waals surface area contributed by atoms with Crippen LogP contribution >= 0.6 is 0 Å². The lowest BCUT2D eigenvalue weighted by Crippen LogP contribution is -2.12. The van der Waals surface area contributed by atoms with Gasteiger partial charge < -0.3 is 19.1 Å². The number of ether oxygens (including phenoxy) is 2. The van der Waals surface area contributed by atoms with Crippen LogP contribution in [0, 0.1) is 6.07 Å². The van der Waals surface area contributed by atoms with Gasteiger partial charge >= 0.3 is 5.97 Å². The van der Waals surface area contributed by atoms with Crippen molar-refractivity contribution in [3.63, 3.8) is 0 Å². The van der Waals surface area contributed by atoms with Gasteiger partial charge in [-0.1, -0.05) is 0 Å². The SMILES string of the molecule is COc1cc2c(cc1OC)-c1c(C(=O)O)[c]cn1CC2. The summed E-state index contributed by atoms with van der Waals surface area (Å²) >= 11 is 0. The van der Waals surface area contributed by atoms with Crippen molar-refractivity contribution in [2.45, 2.75) is 13.0 Å². The van der Waals surface area contributed by atoms with Gasteiger partial charge in [0.2, 0.25) is 0 Å². The number of hydrogen-bond donors (Lipinski definition) is 1. The van der Waals surface area contributed by atoms with Crippen molar-refractivity contribution in [3.8, 4) is 22.8 Å². The van der Waals surface area contributed by atoms with Crippen molar-refractivity contribution in [2.75, 3.05) is 14.2 Å². The zero-order valence-electron chi connectivity index (χ0n) is 11.3. The van der Waals surface area contributed by atoms with Gasteiger partial charge in [0.25, 0.3) is 0 Å². The van der Waals surface area contributed by atoms with Crippen LogP contribution in [0.25, 0.3) is 11.3 Å². The Labute approximate surface area is 116 Å². The molecule has 1 radical (unpaired) electrons. The quantitative estimate of drug-likeness (QED) is 0.930. The largest absolute Gasteiger partial charge is 0.493 e. The maximum atomic E-state index is 11.3. The molecule has 1 aromatic carbocycles. The molecular weight excluding hydrogens is 258 g/mol. The molecule has 20 heavy (non-hydrogen) atoms. The van der Waals surface area contributed by atoms with E-state index in [1.165, 1.54) is 0 Å². The van der Waals surface area contributed by atoms with Crippen LogP contribution in [0.4, 0.5) is 0 Å². The molecule has 5 heteroatoms. The number of rotatable bonds is 3. The van der Waals surface area contributed by atoms with Gasteiger partial charge in [0.05, 0.1) is 25.5 Å². The molecule has 1 N–H and O–H groups in total. The minimum atomic E-state index is -0.971. The number of aromatic nitrogens is 1. The molecular formula is C15H14NO4. The minimum absolute atomic E-state index is 0.193. The Hall–Kier alpha value is -2.43. The molecule has 0 saturated carbocycles. The Balaban J connectivity index is 2.25. The number of aromatic carboxylic acids is 1. The Morgan fingerprint density at radius 2 is 2.00 bits per heavy atom. The van der Waals surface area contributed by atoms with Crippen molar-refractivity contribution < 1.29 is 19.4 Å². The van der Waals surface area contributed by atoms with E-state index in [0.717, 1.165) is 24.1 Å². The number of fused-ring (bicyclic) bond motifs is 3. The number of benzene rings is 1. The van der Waals surface area contributed by atoms with Crippen LogP contribution in [0.1, 0.15) is 15.9 Å². The number of carboxylic acid groups (broad SMARTS) is 1. The highest BCUT2D eigenvalue weighted by molar-refractivity contribution is 5.96. The third-order valence-electron chi connectivity index (χ3n) is 3.59. The standard InChI is InChI=1S/C15H14NO4/c1-19-12-7-9-3-5-16-6-4-10(15(17)18)14(16)11(9)8-13(12)20-2/h6-8H,3,5H2,1-2H3,(H,17,18). The van der Waals surface area contributed by atoms with Crippen molar-refractivity contribution in [1.29, 1.82) is 0 Å². The van der Waals surface area contributed by atoms with Crippen molar-refractivity contribution in [1.82, 2.24) is 4.57 Å². The molecule has 103 valence electrons. The maximum absolute atomic E-state index is 11.3. The third-order valence-corrected chi connectivity index (χ3v) is 3.59. The van der Waals surface area contributed by atoms with E-state index in [2.05, 4.69) is 6.07 Å². The topological polar surface area (TPSA) is 60.7 Å². The number of aryl methyl sites for hydroxylation is 2. The monoisotopic (exact) mass is 272 g/mol. The molecule has 0 aliphatic carbocycles. The zero-order valence-corrected chi connectivity index (χ0v) is 11.3. The predicted molar refractivity (Wildman–Crippen MR) is 72.5 cm³/mol. The lowest BCUT2D eigenvalue weighted by Gasteiger charge is -2.22. The fraction of sp³-hybridized carbons (Fsp3) is 0.267. The van der Waals surface area contributed by atoms with E-state index in [0.29, 0.717) is 17.2 Å². The van der Waals surface area contributed by atoms with Crippen molar-refractivity contribution >= 4 is 5.97 Å². The van der Waals surface area contributed by atoms with Gasteiger partial charge in [-0.25, -0.2) is 4.79 Å². The molecule has 5 nitrogen and oxygen atoms in total. The second-order valence-electron chi connectivity index (χ2n) is 4.61. The lowest BCUT2D eigenvalue weighted by molar-refractivity contribution is 0.0697. The Morgan fingerprint density at radius 3 is 2.65 bits per heavy atom. The molecule has 0 saturated heterocycles. The second-order valence-corrected chi connectivity index (χ2v) is 4.61. The number of nitrogens with zero attached hydrogens (tertiary/aromatic N) is 1. The molecule has 0 amide bonds. The highest BCUT2D eigenvalue weighted by atomic mass is 16.5. The molecule has 1 aliphatic rings. The van der Waals surface area contributed by atoms with Gasteiger partial charge in [0.1, 0.15) is 0 Å². The van der Waals surface area contributed by atoms with E-state index in [-0.39, 0.29) is 5.56 Å². The molecule has 1 aromatic heterocycles. The van der Waals surface area contributed by atoms with Crippen molar-refractivity contribution in [3.05, 3.63) is 35.5 Å². The van der Waals surface area contributed by atoms with Crippen LogP contribution in [-0.4, -0.2) is 29.9 Å². The average molecular weight is 272 g/mol. The third kappa shape index (κ3) is 1.74. The van der Waals surface area contributed by atoms with E-state index in [4.69, 9.17) is 9.47 Å². The Kier molecular flexibility index (Phi) is 2.89. The second kappa shape index (κ2) is 4.59. The molecule has 0 spiro atoms. The first-order valence-corrected chi connectivity index (χ1v) is 6.25. The molecule has 0 bridgehead atoms. The lowest BCUT2D eigenvalue weighted by atomic mass is 9.95. The van der Waals surface area contributed by atoms with E-state index in [9.17, 15) is 9.90 Å². The van der Waals surface area contributed by atoms with Crippen LogP contribution in [0.3, 0.4) is 0 Å². The number of carboxylic acids is 1. The number of carbonyl (C=O) groups is 1. The number of hydrogen-bond acceptors (Lipinski definition) is 3. The summed E-state index contributed by atoms with van der Waals surface area (Å²) in [4.78, 5) is 11.3. The van der Waals surface area contributed by atoms with Gasteiger partial charge in [0.15, 0.2) is 11.5 Å². The first kappa shape index (κ1) is 12.6. The molecule has 0 fully saturated rings. The number of methoxy groups -OCH3 is 2. The summed E-state index contributed by atoms with van der Waals surface area (Å²) in [6.07, 6.45) is 2.52. The highest BCUT2D eigenvalue weighted by Crippen LogP contribution is 2.39. The van der Waals surface area contributed by atoms with Gasteiger partial charge in [-0.2, -0.15) is 0 Å². The minimum Gasteiger partial charge on any atom is -0.493 e. The summed E-state index contributed by atoms with van der Waals surface area (Å²) in [7, 11) is 3.16. The molecule has 2 aromatic rings. The zero-order chi connectivity index (χ0) is 14.3. The maximum Gasteiger partial charge on any atom is 0.338 e. The van der Waals surface area contributed by atoms with Crippen LogP contribution in [-0.2, 0) is 13.0 Å². The summed E-state index contributed by atoms with van der Waals surface area (Å²) in [5, 5.41) is 9.28. The summed E-state index contributed by atoms with van der Waals surface area (Å²) in [5.41, 5.74) is 2.80. The first-order valence-electron chi connectivity index (χ1n) is 6.25.